The van der Waals surface area contributed by atoms with Crippen molar-refractivity contribution in [2.24, 2.45) is 0 Å². The quantitative estimate of drug-likeness (QED) is 0.868. The molecule has 2 aliphatic rings. The number of carbonyl (C=O) groups excluding carboxylic acids is 1. The minimum absolute atomic E-state index is 0.0207. The van der Waals surface area contributed by atoms with Gasteiger partial charge in [-0.3, -0.25) is 9.78 Å². The van der Waals surface area contributed by atoms with Crippen LogP contribution in [-0.2, 0) is 6.42 Å². The van der Waals surface area contributed by atoms with Gasteiger partial charge in [-0.2, -0.15) is 0 Å². The first kappa shape index (κ1) is 12.5. The molecule has 0 spiro atoms. The molecule has 2 aliphatic carbocycles. The first-order valence-corrected chi connectivity index (χ1v) is 7.51. The highest BCUT2D eigenvalue weighted by molar-refractivity contribution is 5.92. The summed E-state index contributed by atoms with van der Waals surface area (Å²) in [5.41, 5.74) is 3.13. The van der Waals surface area contributed by atoms with E-state index in [2.05, 4.69) is 39.1 Å². The topological polar surface area (TPSA) is 46.1 Å². The summed E-state index contributed by atoms with van der Waals surface area (Å²) in [6.07, 6.45) is 9.03. The lowest BCUT2D eigenvalue weighted by Gasteiger charge is -2.29. The van der Waals surface area contributed by atoms with E-state index in [4.69, 9.17) is 0 Å². The summed E-state index contributed by atoms with van der Waals surface area (Å²) in [5.74, 6) is 0.0207. The lowest BCUT2D eigenvalue weighted by molar-refractivity contribution is 0.0651. The molecule has 1 atom stereocenters. The molecule has 4 rings (SSSR count). The zero-order valence-corrected chi connectivity index (χ0v) is 11.8. The Morgan fingerprint density at radius 2 is 2.00 bits per heavy atom. The molecule has 1 saturated carbocycles. The van der Waals surface area contributed by atoms with E-state index in [-0.39, 0.29) is 11.9 Å². The van der Waals surface area contributed by atoms with Crippen molar-refractivity contribution in [3.63, 3.8) is 0 Å². The highest BCUT2D eigenvalue weighted by Gasteiger charge is 2.41. The zero-order chi connectivity index (χ0) is 14.2. The van der Waals surface area contributed by atoms with Gasteiger partial charge in [-0.05, 0) is 36.8 Å². The fourth-order valence-electron chi connectivity index (χ4n) is 3.28. The lowest BCUT2D eigenvalue weighted by atomic mass is 10.1. The second-order valence-corrected chi connectivity index (χ2v) is 5.79. The standard InChI is InChI=1S/C17H17N3O/c21-17(15-11-18-9-10-19-15)20(13-6-7-13)16-8-5-12-3-1-2-4-14(12)16/h1-4,9-11,13,16H,5-8H2. The maximum atomic E-state index is 12.8. The normalized spacial score (nSPS) is 20.1. The lowest BCUT2D eigenvalue weighted by Crippen LogP contribution is -2.36. The SMILES string of the molecule is O=C(c1cnccn1)N(C1CC1)C1CCc2ccccc21. The van der Waals surface area contributed by atoms with Gasteiger partial charge in [0.15, 0.2) is 0 Å². The van der Waals surface area contributed by atoms with E-state index in [0.717, 1.165) is 25.7 Å². The molecule has 1 amide bonds. The predicted molar refractivity (Wildman–Crippen MR) is 78.7 cm³/mol. The van der Waals surface area contributed by atoms with Crippen molar-refractivity contribution in [2.75, 3.05) is 0 Å². The van der Waals surface area contributed by atoms with E-state index >= 15 is 0 Å². The van der Waals surface area contributed by atoms with Crippen LogP contribution in [-0.4, -0.2) is 26.8 Å². The Morgan fingerprint density at radius 3 is 2.76 bits per heavy atom. The summed E-state index contributed by atoms with van der Waals surface area (Å²) in [6, 6.07) is 9.04. The van der Waals surface area contributed by atoms with Gasteiger partial charge < -0.3 is 4.90 Å². The second kappa shape index (κ2) is 4.95. The molecule has 4 heteroatoms. The van der Waals surface area contributed by atoms with Crippen LogP contribution in [0.15, 0.2) is 42.9 Å². The molecule has 0 bridgehead atoms. The van der Waals surface area contributed by atoms with E-state index in [0.29, 0.717) is 11.7 Å². The molecule has 0 aliphatic heterocycles. The number of amides is 1. The predicted octanol–water partition coefficient (Wildman–Crippen LogP) is 2.77. The van der Waals surface area contributed by atoms with Crippen LogP contribution in [0.2, 0.25) is 0 Å². The minimum Gasteiger partial charge on any atom is -0.327 e. The largest absolute Gasteiger partial charge is 0.327 e. The van der Waals surface area contributed by atoms with Crippen molar-refractivity contribution in [1.29, 1.82) is 0 Å². The fraction of sp³-hybridized carbons (Fsp3) is 0.353. The van der Waals surface area contributed by atoms with E-state index < -0.39 is 0 Å². The average Bonchev–Trinajstić information content (AvgIpc) is 3.29. The van der Waals surface area contributed by atoms with Crippen LogP contribution >= 0.6 is 0 Å². The van der Waals surface area contributed by atoms with Gasteiger partial charge in [0.05, 0.1) is 12.2 Å². The third-order valence-electron chi connectivity index (χ3n) is 4.39. The molecular formula is C17H17N3O. The zero-order valence-electron chi connectivity index (χ0n) is 11.8. The number of carbonyl (C=O) groups is 1. The maximum absolute atomic E-state index is 12.8. The van der Waals surface area contributed by atoms with Gasteiger partial charge in [-0.25, -0.2) is 4.98 Å². The molecule has 0 saturated heterocycles. The maximum Gasteiger partial charge on any atom is 0.274 e. The number of benzene rings is 1. The van der Waals surface area contributed by atoms with E-state index in [1.165, 1.54) is 11.1 Å². The first-order chi connectivity index (χ1) is 10.3. The highest BCUT2D eigenvalue weighted by Crippen LogP contribution is 2.42. The van der Waals surface area contributed by atoms with Crippen LogP contribution in [0.4, 0.5) is 0 Å². The Kier molecular flexibility index (Phi) is 2.95. The van der Waals surface area contributed by atoms with Crippen molar-refractivity contribution < 1.29 is 4.79 Å². The van der Waals surface area contributed by atoms with Crippen LogP contribution in [0.5, 0.6) is 0 Å². The van der Waals surface area contributed by atoms with E-state index in [1.807, 2.05) is 0 Å². The van der Waals surface area contributed by atoms with Crippen LogP contribution < -0.4 is 0 Å². The number of hydrogen-bond acceptors (Lipinski definition) is 3. The molecule has 0 radical (unpaired) electrons. The van der Waals surface area contributed by atoms with Crippen molar-refractivity contribution in [2.45, 2.75) is 37.8 Å². The van der Waals surface area contributed by atoms with Crippen molar-refractivity contribution in [3.8, 4) is 0 Å². The highest BCUT2D eigenvalue weighted by atomic mass is 16.2. The Labute approximate surface area is 123 Å². The van der Waals surface area contributed by atoms with Crippen LogP contribution in [0.3, 0.4) is 0 Å². The van der Waals surface area contributed by atoms with Gasteiger partial charge in [-0.1, -0.05) is 24.3 Å². The van der Waals surface area contributed by atoms with Gasteiger partial charge in [0.1, 0.15) is 5.69 Å². The van der Waals surface area contributed by atoms with Crippen LogP contribution in [0.25, 0.3) is 0 Å². The number of rotatable bonds is 3. The molecule has 2 aromatic rings. The average molecular weight is 279 g/mol. The summed E-state index contributed by atoms with van der Waals surface area (Å²) < 4.78 is 0. The first-order valence-electron chi connectivity index (χ1n) is 7.51. The summed E-state index contributed by atoms with van der Waals surface area (Å²) in [5, 5.41) is 0. The molecule has 1 aromatic carbocycles. The van der Waals surface area contributed by atoms with Gasteiger partial charge in [0, 0.05) is 18.4 Å². The molecule has 1 heterocycles. The van der Waals surface area contributed by atoms with Crippen LogP contribution in [0, 0.1) is 0 Å². The summed E-state index contributed by atoms with van der Waals surface area (Å²) in [7, 11) is 0. The molecule has 21 heavy (non-hydrogen) atoms. The molecule has 106 valence electrons. The molecule has 1 unspecified atom stereocenters. The number of hydrogen-bond donors (Lipinski definition) is 0. The molecule has 1 aromatic heterocycles. The van der Waals surface area contributed by atoms with Gasteiger partial charge in [0.2, 0.25) is 0 Å². The Morgan fingerprint density at radius 1 is 1.14 bits per heavy atom. The fourth-order valence-corrected chi connectivity index (χ4v) is 3.28. The molecule has 1 fully saturated rings. The Hall–Kier alpha value is -2.23. The minimum atomic E-state index is 0.0207. The Bertz CT molecular complexity index is 667. The van der Waals surface area contributed by atoms with Gasteiger partial charge in [-0.15, -0.1) is 0 Å². The second-order valence-electron chi connectivity index (χ2n) is 5.79. The molecule has 0 N–H and O–H groups in total. The van der Waals surface area contributed by atoms with Crippen molar-refractivity contribution >= 4 is 5.91 Å². The molecular weight excluding hydrogens is 262 g/mol. The monoisotopic (exact) mass is 279 g/mol. The third kappa shape index (κ3) is 2.20. The van der Waals surface area contributed by atoms with Gasteiger partial charge >= 0.3 is 0 Å². The van der Waals surface area contributed by atoms with Crippen molar-refractivity contribution in [3.05, 3.63) is 59.7 Å². The van der Waals surface area contributed by atoms with E-state index in [1.54, 1.807) is 18.6 Å². The summed E-state index contributed by atoms with van der Waals surface area (Å²) >= 11 is 0. The summed E-state index contributed by atoms with van der Waals surface area (Å²) in [6.45, 7) is 0. The molecule has 4 nitrogen and oxygen atoms in total. The van der Waals surface area contributed by atoms with Crippen LogP contribution in [0.1, 0.15) is 46.9 Å². The van der Waals surface area contributed by atoms with E-state index in [9.17, 15) is 4.79 Å². The smallest absolute Gasteiger partial charge is 0.274 e. The number of aromatic nitrogens is 2. The number of fused-ring (bicyclic) bond motifs is 1. The van der Waals surface area contributed by atoms with Gasteiger partial charge in [0.25, 0.3) is 5.91 Å². The summed E-state index contributed by atoms with van der Waals surface area (Å²) in [4.78, 5) is 23.1. The van der Waals surface area contributed by atoms with Crippen molar-refractivity contribution in [1.82, 2.24) is 14.9 Å². The third-order valence-corrected chi connectivity index (χ3v) is 4.39. The Balaban J connectivity index is 1.69. The number of aryl methyl sites for hydroxylation is 1. The number of nitrogens with zero attached hydrogens (tertiary/aromatic N) is 3.